The molecule has 0 aliphatic heterocycles. The van der Waals surface area contributed by atoms with Gasteiger partial charge in [0.25, 0.3) is 0 Å². The maximum absolute atomic E-state index is 9.40. The number of hydrogen-bond donors (Lipinski definition) is 4. The molecule has 0 amide bonds. The Morgan fingerprint density at radius 2 is 1.73 bits per heavy atom. The fraction of sp³-hybridized carbons (Fsp3) is 0.273. The molecule has 0 fully saturated rings. The van der Waals surface area contributed by atoms with E-state index in [-0.39, 0.29) is 12.2 Å². The van der Waals surface area contributed by atoms with Crippen LogP contribution < -0.4 is 14.8 Å². The van der Waals surface area contributed by atoms with Crippen LogP contribution in [-0.4, -0.2) is 32.4 Å². The van der Waals surface area contributed by atoms with Crippen molar-refractivity contribution in [1.29, 1.82) is 0 Å². The monoisotopic (exact) mass is 411 g/mol. The molecule has 0 unspecified atom stereocenters. The summed E-state index contributed by atoms with van der Waals surface area (Å²) in [4.78, 5) is 8.75. The van der Waals surface area contributed by atoms with E-state index in [4.69, 9.17) is 9.47 Å². The van der Waals surface area contributed by atoms with Crippen LogP contribution in [0.1, 0.15) is 34.5 Å². The molecular formula is C22H25N3O5. The average Bonchev–Trinajstić information content (AvgIpc) is 2.78. The van der Waals surface area contributed by atoms with Crippen molar-refractivity contribution in [1.82, 2.24) is 15.3 Å². The van der Waals surface area contributed by atoms with Gasteiger partial charge in [-0.1, -0.05) is 30.3 Å². The zero-order valence-corrected chi connectivity index (χ0v) is 16.7. The summed E-state index contributed by atoms with van der Waals surface area (Å²) >= 11 is 0. The molecule has 0 aliphatic carbocycles. The molecule has 0 aliphatic rings. The Balaban J connectivity index is 1.69. The Kier molecular flexibility index (Phi) is 7.69. The molecule has 1 aromatic carbocycles. The molecule has 8 heteroatoms. The first-order valence-corrected chi connectivity index (χ1v) is 9.47. The lowest BCUT2D eigenvalue weighted by Crippen LogP contribution is -2.17. The first-order chi connectivity index (χ1) is 14.6. The molecule has 0 saturated heterocycles. The number of aliphatic hydroxyl groups is 3. The van der Waals surface area contributed by atoms with Crippen molar-refractivity contribution in [3.63, 3.8) is 0 Å². The number of nitrogens with zero attached hydrogens (tertiary/aromatic N) is 2. The fourth-order valence-electron chi connectivity index (χ4n) is 2.88. The maximum Gasteiger partial charge on any atom is 0.213 e. The van der Waals surface area contributed by atoms with E-state index >= 15 is 0 Å². The van der Waals surface area contributed by atoms with E-state index in [2.05, 4.69) is 15.3 Å². The highest BCUT2D eigenvalue weighted by atomic mass is 16.5. The third-order valence-corrected chi connectivity index (χ3v) is 4.37. The van der Waals surface area contributed by atoms with Gasteiger partial charge in [-0.15, -0.1) is 0 Å². The average molecular weight is 411 g/mol. The van der Waals surface area contributed by atoms with Gasteiger partial charge in [0, 0.05) is 24.7 Å². The van der Waals surface area contributed by atoms with Gasteiger partial charge in [0.15, 0.2) is 6.29 Å². The molecule has 3 aromatic rings. The smallest absolute Gasteiger partial charge is 0.213 e. The predicted molar refractivity (Wildman–Crippen MR) is 109 cm³/mol. The Morgan fingerprint density at radius 1 is 0.967 bits per heavy atom. The van der Waals surface area contributed by atoms with E-state index in [1.165, 1.54) is 6.07 Å². The lowest BCUT2D eigenvalue weighted by atomic mass is 10.2. The Hall–Kier alpha value is -3.04. The van der Waals surface area contributed by atoms with E-state index in [1.807, 2.05) is 36.4 Å². The standard InChI is InChI=1S/C22H25N3O5/c1-29-21-8-7-20(30-14-15-5-3-2-4-6-15)19(25-21)12-23-11-17-9-16(22(27)28)10-18(13-26)24-17/h2-10,22-23,26-28H,11-14H2,1H3. The summed E-state index contributed by atoms with van der Waals surface area (Å²) in [6.07, 6.45) is -1.63. The zero-order chi connectivity index (χ0) is 21.3. The number of aromatic nitrogens is 2. The van der Waals surface area contributed by atoms with Gasteiger partial charge in [0.2, 0.25) is 5.88 Å². The van der Waals surface area contributed by atoms with Gasteiger partial charge in [-0.25, -0.2) is 4.98 Å². The number of pyridine rings is 2. The van der Waals surface area contributed by atoms with Gasteiger partial charge in [0.1, 0.15) is 18.1 Å². The highest BCUT2D eigenvalue weighted by molar-refractivity contribution is 5.32. The van der Waals surface area contributed by atoms with Crippen LogP contribution in [0, 0.1) is 0 Å². The second-order valence-corrected chi connectivity index (χ2v) is 6.59. The van der Waals surface area contributed by atoms with Crippen LogP contribution in [0.15, 0.2) is 54.6 Å². The molecule has 158 valence electrons. The minimum Gasteiger partial charge on any atom is -0.487 e. The summed E-state index contributed by atoms with van der Waals surface area (Å²) in [5.74, 6) is 1.11. The van der Waals surface area contributed by atoms with Crippen molar-refractivity contribution in [3.05, 3.63) is 82.8 Å². The molecule has 2 aromatic heterocycles. The second kappa shape index (κ2) is 10.7. The highest BCUT2D eigenvalue weighted by Gasteiger charge is 2.11. The molecule has 4 N–H and O–H groups in total. The first kappa shape index (κ1) is 21.7. The second-order valence-electron chi connectivity index (χ2n) is 6.59. The summed E-state index contributed by atoms with van der Waals surface area (Å²) in [6, 6.07) is 16.4. The van der Waals surface area contributed by atoms with Crippen LogP contribution in [0.3, 0.4) is 0 Å². The van der Waals surface area contributed by atoms with Crippen LogP contribution >= 0.6 is 0 Å². The number of hydrogen-bond acceptors (Lipinski definition) is 8. The van der Waals surface area contributed by atoms with Crippen LogP contribution in [-0.2, 0) is 26.3 Å². The summed E-state index contributed by atoms with van der Waals surface area (Å²) in [6.45, 7) is 0.843. The molecule has 2 heterocycles. The number of rotatable bonds is 10. The molecule has 8 nitrogen and oxygen atoms in total. The number of aliphatic hydroxyl groups excluding tert-OH is 2. The van der Waals surface area contributed by atoms with Crippen molar-refractivity contribution in [2.75, 3.05) is 7.11 Å². The molecule has 0 atom stereocenters. The topological polar surface area (TPSA) is 117 Å². The van der Waals surface area contributed by atoms with E-state index < -0.39 is 6.29 Å². The van der Waals surface area contributed by atoms with Crippen molar-refractivity contribution in [3.8, 4) is 11.6 Å². The number of ether oxygens (including phenoxy) is 2. The summed E-state index contributed by atoms with van der Waals surface area (Å²) < 4.78 is 11.2. The van der Waals surface area contributed by atoms with Crippen molar-refractivity contribution in [2.45, 2.75) is 32.6 Å². The largest absolute Gasteiger partial charge is 0.487 e. The quantitative estimate of drug-likeness (QED) is 0.373. The summed E-state index contributed by atoms with van der Waals surface area (Å²) in [5.41, 5.74) is 2.93. The van der Waals surface area contributed by atoms with Crippen LogP contribution in [0.5, 0.6) is 11.6 Å². The number of benzene rings is 1. The Bertz CT molecular complexity index is 951. The maximum atomic E-state index is 9.40. The third kappa shape index (κ3) is 5.98. The van der Waals surface area contributed by atoms with Crippen molar-refractivity contribution in [2.24, 2.45) is 0 Å². The zero-order valence-electron chi connectivity index (χ0n) is 16.7. The molecule has 0 saturated carbocycles. The molecule has 3 rings (SSSR count). The predicted octanol–water partition coefficient (Wildman–Crippen LogP) is 1.83. The lowest BCUT2D eigenvalue weighted by molar-refractivity contribution is -0.0427. The highest BCUT2D eigenvalue weighted by Crippen LogP contribution is 2.22. The minimum absolute atomic E-state index is 0.275. The third-order valence-electron chi connectivity index (χ3n) is 4.37. The van der Waals surface area contributed by atoms with Gasteiger partial charge in [-0.05, 0) is 23.8 Å². The van der Waals surface area contributed by atoms with E-state index in [1.54, 1.807) is 19.2 Å². The fourth-order valence-corrected chi connectivity index (χ4v) is 2.88. The summed E-state index contributed by atoms with van der Waals surface area (Å²) in [5, 5.41) is 31.4. The van der Waals surface area contributed by atoms with Crippen molar-refractivity contribution < 1.29 is 24.8 Å². The molecule has 0 radical (unpaired) electrons. The lowest BCUT2D eigenvalue weighted by Gasteiger charge is -2.13. The molecule has 0 bridgehead atoms. The van der Waals surface area contributed by atoms with Crippen LogP contribution in [0.2, 0.25) is 0 Å². The van der Waals surface area contributed by atoms with Gasteiger partial charge >= 0.3 is 0 Å². The molecular weight excluding hydrogens is 386 g/mol. The van der Waals surface area contributed by atoms with Gasteiger partial charge in [-0.3, -0.25) is 4.98 Å². The van der Waals surface area contributed by atoms with E-state index in [9.17, 15) is 15.3 Å². The van der Waals surface area contributed by atoms with E-state index in [0.717, 1.165) is 5.56 Å². The Labute approximate surface area is 174 Å². The Morgan fingerprint density at radius 3 is 2.43 bits per heavy atom. The normalized spacial score (nSPS) is 11.0. The van der Waals surface area contributed by atoms with Crippen LogP contribution in [0.4, 0.5) is 0 Å². The van der Waals surface area contributed by atoms with Crippen molar-refractivity contribution >= 4 is 0 Å². The van der Waals surface area contributed by atoms with Gasteiger partial charge < -0.3 is 30.1 Å². The SMILES string of the molecule is COc1ccc(OCc2ccccc2)c(CNCc2cc(C(O)O)cc(CO)n2)n1. The number of nitrogens with one attached hydrogen (secondary N) is 1. The first-order valence-electron chi connectivity index (χ1n) is 9.47. The minimum atomic E-state index is -1.63. The number of methoxy groups -OCH3 is 1. The van der Waals surface area contributed by atoms with Gasteiger partial charge in [0.05, 0.1) is 25.1 Å². The molecule has 30 heavy (non-hydrogen) atoms. The van der Waals surface area contributed by atoms with Crippen LogP contribution in [0.25, 0.3) is 0 Å². The molecule has 0 spiro atoms. The van der Waals surface area contributed by atoms with E-state index in [0.29, 0.717) is 48.4 Å². The van der Waals surface area contributed by atoms with Gasteiger partial charge in [-0.2, -0.15) is 0 Å². The summed E-state index contributed by atoms with van der Waals surface area (Å²) in [7, 11) is 1.55.